The van der Waals surface area contributed by atoms with Gasteiger partial charge in [0.2, 0.25) is 5.95 Å². The van der Waals surface area contributed by atoms with Gasteiger partial charge in [-0.3, -0.25) is 0 Å². The van der Waals surface area contributed by atoms with Crippen molar-refractivity contribution in [3.8, 4) is 0 Å². The molecule has 0 N–H and O–H groups in total. The molecule has 6 heteroatoms. The number of halogens is 2. The van der Waals surface area contributed by atoms with Crippen LogP contribution in [0, 0.1) is 11.6 Å². The van der Waals surface area contributed by atoms with E-state index in [-0.39, 0.29) is 6.04 Å². The number of rotatable bonds is 2. The van der Waals surface area contributed by atoms with Crippen molar-refractivity contribution in [2.45, 2.75) is 19.4 Å². The first kappa shape index (κ1) is 14.7. The molecule has 1 aromatic heterocycles. The number of hydrogen-bond acceptors (Lipinski definition) is 4. The first-order chi connectivity index (χ1) is 10.6. The topological polar surface area (TPSA) is 32.3 Å². The fourth-order valence-corrected chi connectivity index (χ4v) is 2.77. The van der Waals surface area contributed by atoms with Gasteiger partial charge in [0.25, 0.3) is 0 Å². The van der Waals surface area contributed by atoms with Crippen molar-refractivity contribution in [3.05, 3.63) is 48.3 Å². The second-order valence-corrected chi connectivity index (χ2v) is 5.46. The van der Waals surface area contributed by atoms with Gasteiger partial charge < -0.3 is 9.80 Å². The zero-order valence-corrected chi connectivity index (χ0v) is 12.4. The van der Waals surface area contributed by atoms with Gasteiger partial charge in [0.15, 0.2) is 0 Å². The van der Waals surface area contributed by atoms with Crippen molar-refractivity contribution >= 4 is 11.6 Å². The summed E-state index contributed by atoms with van der Waals surface area (Å²) in [6.07, 6.45) is 4.30. The fourth-order valence-electron chi connectivity index (χ4n) is 2.77. The maximum atomic E-state index is 14.0. The molecule has 4 nitrogen and oxygen atoms in total. The molecule has 0 amide bonds. The van der Waals surface area contributed by atoms with Crippen molar-refractivity contribution in [2.75, 3.05) is 29.4 Å². The molecule has 1 fully saturated rings. The van der Waals surface area contributed by atoms with Gasteiger partial charge in [-0.05, 0) is 31.5 Å². The van der Waals surface area contributed by atoms with E-state index in [9.17, 15) is 8.78 Å². The molecule has 0 saturated carbocycles. The van der Waals surface area contributed by atoms with Gasteiger partial charge in [0.1, 0.15) is 11.6 Å². The molecule has 1 saturated heterocycles. The minimum absolute atomic E-state index is 0.260. The number of nitrogens with zero attached hydrogens (tertiary/aromatic N) is 4. The average molecular weight is 304 g/mol. The SMILES string of the molecule is CC1CCN(c2ccc(F)cc2F)CCN1c1ncccn1. The zero-order chi connectivity index (χ0) is 15.5. The highest BCUT2D eigenvalue weighted by Crippen LogP contribution is 2.24. The summed E-state index contributed by atoms with van der Waals surface area (Å²) >= 11 is 0. The highest BCUT2D eigenvalue weighted by molar-refractivity contribution is 5.49. The molecule has 1 aromatic carbocycles. The van der Waals surface area contributed by atoms with E-state index < -0.39 is 11.6 Å². The van der Waals surface area contributed by atoms with E-state index >= 15 is 0 Å². The minimum atomic E-state index is -0.552. The third-order valence-corrected chi connectivity index (χ3v) is 4.02. The van der Waals surface area contributed by atoms with Crippen LogP contribution in [0.15, 0.2) is 36.7 Å². The molecule has 0 bridgehead atoms. The first-order valence-electron chi connectivity index (χ1n) is 7.39. The summed E-state index contributed by atoms with van der Waals surface area (Å²) in [6, 6.07) is 5.78. The van der Waals surface area contributed by atoms with Gasteiger partial charge in [0, 0.05) is 44.1 Å². The van der Waals surface area contributed by atoms with Crippen molar-refractivity contribution < 1.29 is 8.78 Å². The van der Waals surface area contributed by atoms with Gasteiger partial charge in [0.05, 0.1) is 5.69 Å². The Hall–Kier alpha value is -2.24. The van der Waals surface area contributed by atoms with Crippen LogP contribution in [0.25, 0.3) is 0 Å². The Morgan fingerprint density at radius 2 is 1.86 bits per heavy atom. The predicted octanol–water partition coefficient (Wildman–Crippen LogP) is 2.86. The van der Waals surface area contributed by atoms with Gasteiger partial charge in [-0.1, -0.05) is 0 Å². The summed E-state index contributed by atoms with van der Waals surface area (Å²) in [6.45, 7) is 4.17. The summed E-state index contributed by atoms with van der Waals surface area (Å²) in [5.41, 5.74) is 0.449. The van der Waals surface area contributed by atoms with Gasteiger partial charge >= 0.3 is 0 Å². The lowest BCUT2D eigenvalue weighted by Gasteiger charge is -2.26. The molecule has 1 unspecified atom stereocenters. The minimum Gasteiger partial charge on any atom is -0.367 e. The molecule has 2 aromatic rings. The summed E-state index contributed by atoms with van der Waals surface area (Å²) in [5, 5.41) is 0. The zero-order valence-electron chi connectivity index (χ0n) is 12.4. The normalized spacial score (nSPS) is 19.1. The number of aromatic nitrogens is 2. The van der Waals surface area contributed by atoms with Crippen molar-refractivity contribution in [1.29, 1.82) is 0 Å². The van der Waals surface area contributed by atoms with E-state index in [4.69, 9.17) is 0 Å². The Morgan fingerprint density at radius 3 is 2.59 bits per heavy atom. The second-order valence-electron chi connectivity index (χ2n) is 5.46. The number of benzene rings is 1. The van der Waals surface area contributed by atoms with Gasteiger partial charge in [-0.25, -0.2) is 18.7 Å². The summed E-state index contributed by atoms with van der Waals surface area (Å²) in [4.78, 5) is 12.7. The highest BCUT2D eigenvalue weighted by Gasteiger charge is 2.24. The van der Waals surface area contributed by atoms with E-state index in [0.29, 0.717) is 31.3 Å². The summed E-state index contributed by atoms with van der Waals surface area (Å²) in [5.74, 6) is -0.378. The van der Waals surface area contributed by atoms with Gasteiger partial charge in [-0.2, -0.15) is 0 Å². The molecule has 22 heavy (non-hydrogen) atoms. The molecule has 3 rings (SSSR count). The molecule has 1 atom stereocenters. The largest absolute Gasteiger partial charge is 0.367 e. The van der Waals surface area contributed by atoms with E-state index in [2.05, 4.69) is 21.8 Å². The predicted molar refractivity (Wildman–Crippen MR) is 82.0 cm³/mol. The average Bonchev–Trinajstić information content (AvgIpc) is 2.70. The lowest BCUT2D eigenvalue weighted by Crippen LogP contribution is -2.36. The van der Waals surface area contributed by atoms with Crippen LogP contribution in [-0.4, -0.2) is 35.6 Å². The lowest BCUT2D eigenvalue weighted by molar-refractivity contribution is 0.578. The smallest absolute Gasteiger partial charge is 0.225 e. The highest BCUT2D eigenvalue weighted by atomic mass is 19.1. The van der Waals surface area contributed by atoms with Crippen molar-refractivity contribution in [2.24, 2.45) is 0 Å². The standard InChI is InChI=1S/C16H18F2N4/c1-12-5-8-21(15-4-3-13(17)11-14(15)18)9-10-22(12)16-19-6-2-7-20-16/h2-4,6-7,11-12H,5,8-10H2,1H3. The van der Waals surface area contributed by atoms with Crippen LogP contribution >= 0.6 is 0 Å². The van der Waals surface area contributed by atoms with E-state index in [1.165, 1.54) is 12.1 Å². The third-order valence-electron chi connectivity index (χ3n) is 4.02. The quantitative estimate of drug-likeness (QED) is 0.854. The maximum Gasteiger partial charge on any atom is 0.225 e. The summed E-state index contributed by atoms with van der Waals surface area (Å²) < 4.78 is 27.0. The van der Waals surface area contributed by atoms with Crippen molar-refractivity contribution in [1.82, 2.24) is 9.97 Å². The van der Waals surface area contributed by atoms with Crippen LogP contribution < -0.4 is 9.80 Å². The molecule has 1 aliphatic rings. The Kier molecular flexibility index (Phi) is 4.18. The molecular formula is C16H18F2N4. The van der Waals surface area contributed by atoms with Crippen LogP contribution in [0.3, 0.4) is 0 Å². The summed E-state index contributed by atoms with van der Waals surface area (Å²) in [7, 11) is 0. The van der Waals surface area contributed by atoms with Crippen LogP contribution in [0.5, 0.6) is 0 Å². The Balaban J connectivity index is 1.79. The number of hydrogen-bond donors (Lipinski definition) is 0. The molecule has 0 aliphatic carbocycles. The monoisotopic (exact) mass is 304 g/mol. The van der Waals surface area contributed by atoms with Crippen LogP contribution in [0.2, 0.25) is 0 Å². The van der Waals surface area contributed by atoms with E-state index in [1.807, 2.05) is 4.90 Å². The van der Waals surface area contributed by atoms with Crippen LogP contribution in [0.4, 0.5) is 20.4 Å². The second kappa shape index (κ2) is 6.25. The molecule has 0 radical (unpaired) electrons. The maximum absolute atomic E-state index is 14.0. The van der Waals surface area contributed by atoms with Crippen LogP contribution in [0.1, 0.15) is 13.3 Å². The van der Waals surface area contributed by atoms with Gasteiger partial charge in [-0.15, -0.1) is 0 Å². The molecule has 0 spiro atoms. The molecular weight excluding hydrogens is 286 g/mol. The van der Waals surface area contributed by atoms with E-state index in [1.54, 1.807) is 18.5 Å². The number of anilines is 2. The van der Waals surface area contributed by atoms with Crippen LogP contribution in [-0.2, 0) is 0 Å². The van der Waals surface area contributed by atoms with Crippen molar-refractivity contribution in [3.63, 3.8) is 0 Å². The lowest BCUT2D eigenvalue weighted by atomic mass is 10.2. The Labute approximate surface area is 128 Å². The molecule has 2 heterocycles. The fraction of sp³-hybridized carbons (Fsp3) is 0.375. The Bertz CT molecular complexity index is 635. The molecule has 116 valence electrons. The first-order valence-corrected chi connectivity index (χ1v) is 7.39. The van der Waals surface area contributed by atoms with E-state index in [0.717, 1.165) is 12.5 Å². The third kappa shape index (κ3) is 3.00. The Morgan fingerprint density at radius 1 is 1.09 bits per heavy atom. The molecule has 1 aliphatic heterocycles.